The molecule has 1 aromatic carbocycles. The standard InChI is InChI=1S/C21H25FN2O5S2/c1-4-13(2)19(25)24-9-8-16-17(12-24)30-21(18(16)20(26)29-3)31(27,28)23-11-14-6-5-7-15(22)10-14/h5-7,10,13,23H,4,8-9,11-12H2,1-3H3/t13-/m0/s1. The van der Waals surface area contributed by atoms with Gasteiger partial charge in [0.1, 0.15) is 10.0 Å². The number of halogens is 1. The fourth-order valence-electron chi connectivity index (χ4n) is 3.44. The van der Waals surface area contributed by atoms with E-state index in [0.717, 1.165) is 11.3 Å². The van der Waals surface area contributed by atoms with Crippen molar-refractivity contribution in [3.05, 3.63) is 51.7 Å². The van der Waals surface area contributed by atoms with Crippen LogP contribution in [-0.4, -0.2) is 38.8 Å². The lowest BCUT2D eigenvalue weighted by Crippen LogP contribution is -2.38. The van der Waals surface area contributed by atoms with Crippen LogP contribution in [0.25, 0.3) is 0 Å². The maximum Gasteiger partial charge on any atom is 0.340 e. The summed E-state index contributed by atoms with van der Waals surface area (Å²) in [5.74, 6) is -1.32. The number of nitrogens with one attached hydrogen (secondary N) is 1. The number of benzene rings is 1. The van der Waals surface area contributed by atoms with Crippen LogP contribution in [0.4, 0.5) is 4.39 Å². The molecule has 0 saturated carbocycles. The lowest BCUT2D eigenvalue weighted by atomic mass is 10.0. The molecular weight excluding hydrogens is 443 g/mol. The summed E-state index contributed by atoms with van der Waals surface area (Å²) in [6.45, 7) is 4.34. The average molecular weight is 469 g/mol. The number of ether oxygens (including phenoxy) is 1. The predicted molar refractivity (Wildman–Crippen MR) is 115 cm³/mol. The number of esters is 1. The van der Waals surface area contributed by atoms with Crippen LogP contribution in [0.5, 0.6) is 0 Å². The number of sulfonamides is 1. The minimum absolute atomic E-state index is 0.00908. The summed E-state index contributed by atoms with van der Waals surface area (Å²) in [4.78, 5) is 27.4. The zero-order chi connectivity index (χ0) is 22.8. The number of carbonyl (C=O) groups is 2. The first-order valence-corrected chi connectivity index (χ1v) is 12.2. The molecule has 1 N–H and O–H groups in total. The number of carbonyl (C=O) groups excluding carboxylic acids is 2. The van der Waals surface area contributed by atoms with Crippen molar-refractivity contribution in [3.8, 4) is 0 Å². The molecule has 10 heteroatoms. The van der Waals surface area contributed by atoms with E-state index in [4.69, 9.17) is 4.74 Å². The second-order valence-corrected chi connectivity index (χ2v) is 10.5. The van der Waals surface area contributed by atoms with Crippen molar-refractivity contribution in [2.24, 2.45) is 5.92 Å². The minimum Gasteiger partial charge on any atom is -0.465 e. The lowest BCUT2D eigenvalue weighted by molar-refractivity contribution is -0.135. The molecule has 168 valence electrons. The molecule has 31 heavy (non-hydrogen) atoms. The highest BCUT2D eigenvalue weighted by molar-refractivity contribution is 7.91. The Hall–Kier alpha value is -2.30. The van der Waals surface area contributed by atoms with Crippen molar-refractivity contribution in [1.82, 2.24) is 9.62 Å². The molecule has 0 fully saturated rings. The highest BCUT2D eigenvalue weighted by Crippen LogP contribution is 2.37. The summed E-state index contributed by atoms with van der Waals surface area (Å²) < 4.78 is 46.6. The molecule has 0 spiro atoms. The number of fused-ring (bicyclic) bond motifs is 1. The molecule has 2 heterocycles. The van der Waals surface area contributed by atoms with Crippen LogP contribution in [-0.2, 0) is 39.1 Å². The van der Waals surface area contributed by atoms with Gasteiger partial charge >= 0.3 is 5.97 Å². The Morgan fingerprint density at radius 1 is 1.35 bits per heavy atom. The molecule has 1 amide bonds. The van der Waals surface area contributed by atoms with Gasteiger partial charge in [0.15, 0.2) is 0 Å². The zero-order valence-electron chi connectivity index (χ0n) is 17.6. The molecule has 1 aromatic heterocycles. The van der Waals surface area contributed by atoms with E-state index in [1.54, 1.807) is 11.0 Å². The molecule has 1 aliphatic rings. The Morgan fingerprint density at radius 3 is 2.74 bits per heavy atom. The van der Waals surface area contributed by atoms with Gasteiger partial charge in [-0.3, -0.25) is 4.79 Å². The van der Waals surface area contributed by atoms with E-state index in [1.165, 1.54) is 25.3 Å². The van der Waals surface area contributed by atoms with Crippen molar-refractivity contribution in [2.75, 3.05) is 13.7 Å². The maximum atomic E-state index is 13.4. The van der Waals surface area contributed by atoms with Gasteiger partial charge < -0.3 is 9.64 Å². The third-order valence-electron chi connectivity index (χ3n) is 5.36. The van der Waals surface area contributed by atoms with E-state index in [-0.39, 0.29) is 34.7 Å². The summed E-state index contributed by atoms with van der Waals surface area (Å²) in [5, 5.41) is 0. The fourth-order valence-corrected chi connectivity index (χ4v) is 6.40. The van der Waals surface area contributed by atoms with Crippen LogP contribution in [0, 0.1) is 11.7 Å². The Labute approximate surface area is 185 Å². The van der Waals surface area contributed by atoms with Crippen LogP contribution in [0.15, 0.2) is 28.5 Å². The molecular formula is C21H25FN2O5S2. The van der Waals surface area contributed by atoms with Crippen molar-refractivity contribution < 1.29 is 27.1 Å². The molecule has 0 saturated heterocycles. The first kappa shape index (κ1) is 23.4. The van der Waals surface area contributed by atoms with E-state index in [9.17, 15) is 22.4 Å². The van der Waals surface area contributed by atoms with Crippen LogP contribution in [0.1, 0.15) is 46.6 Å². The summed E-state index contributed by atoms with van der Waals surface area (Å²) in [7, 11) is -2.87. The van der Waals surface area contributed by atoms with Crippen molar-refractivity contribution in [3.63, 3.8) is 0 Å². The Balaban J connectivity index is 1.92. The lowest BCUT2D eigenvalue weighted by Gasteiger charge is -2.29. The first-order valence-electron chi connectivity index (χ1n) is 9.93. The van der Waals surface area contributed by atoms with Gasteiger partial charge in [0.2, 0.25) is 5.91 Å². The van der Waals surface area contributed by atoms with Gasteiger partial charge in [-0.05, 0) is 36.1 Å². The largest absolute Gasteiger partial charge is 0.465 e. The average Bonchev–Trinajstić information content (AvgIpc) is 3.16. The number of nitrogens with zero attached hydrogens (tertiary/aromatic N) is 1. The summed E-state index contributed by atoms with van der Waals surface area (Å²) >= 11 is 0.972. The predicted octanol–water partition coefficient (Wildman–Crippen LogP) is 3.08. The SMILES string of the molecule is CC[C@H](C)C(=O)N1CCc2c(sc(S(=O)(=O)NCc3cccc(F)c3)c2C(=O)OC)C1. The summed E-state index contributed by atoms with van der Waals surface area (Å²) in [6.07, 6.45) is 1.08. The maximum absolute atomic E-state index is 13.4. The molecule has 1 atom stereocenters. The molecule has 7 nitrogen and oxygen atoms in total. The minimum atomic E-state index is -4.07. The number of hydrogen-bond acceptors (Lipinski definition) is 6. The van der Waals surface area contributed by atoms with Crippen LogP contribution >= 0.6 is 11.3 Å². The first-order chi connectivity index (χ1) is 14.7. The van der Waals surface area contributed by atoms with E-state index in [1.807, 2.05) is 13.8 Å². The molecule has 3 rings (SSSR count). The fraction of sp³-hybridized carbons (Fsp3) is 0.429. The monoisotopic (exact) mass is 468 g/mol. The molecule has 0 radical (unpaired) electrons. The Kier molecular flexibility index (Phi) is 7.13. The van der Waals surface area contributed by atoms with Gasteiger partial charge in [0.05, 0.1) is 19.2 Å². The molecule has 0 bridgehead atoms. The number of amides is 1. The molecule has 2 aromatic rings. The summed E-state index contributed by atoms with van der Waals surface area (Å²) in [6, 6.07) is 5.60. The van der Waals surface area contributed by atoms with E-state index in [0.29, 0.717) is 35.4 Å². The third kappa shape index (κ3) is 4.97. The van der Waals surface area contributed by atoms with Crippen LogP contribution in [0.3, 0.4) is 0 Å². The second kappa shape index (κ2) is 9.46. The Bertz CT molecular complexity index is 1100. The molecule has 0 aliphatic carbocycles. The number of hydrogen-bond donors (Lipinski definition) is 1. The molecule has 1 aliphatic heterocycles. The van der Waals surface area contributed by atoms with Crippen molar-refractivity contribution in [1.29, 1.82) is 0 Å². The van der Waals surface area contributed by atoms with Crippen molar-refractivity contribution in [2.45, 2.75) is 44.0 Å². The van der Waals surface area contributed by atoms with Crippen LogP contribution < -0.4 is 4.72 Å². The third-order valence-corrected chi connectivity index (χ3v) is 8.50. The smallest absolute Gasteiger partial charge is 0.340 e. The Morgan fingerprint density at radius 2 is 2.10 bits per heavy atom. The molecule has 0 unspecified atom stereocenters. The van der Waals surface area contributed by atoms with Gasteiger partial charge in [-0.25, -0.2) is 22.3 Å². The number of thiophene rings is 1. The normalized spacial score (nSPS) is 14.8. The van der Waals surface area contributed by atoms with Crippen LogP contribution in [0.2, 0.25) is 0 Å². The van der Waals surface area contributed by atoms with Crippen molar-refractivity contribution >= 4 is 33.2 Å². The summed E-state index contributed by atoms with van der Waals surface area (Å²) in [5.41, 5.74) is 1.08. The van der Waals surface area contributed by atoms with Gasteiger partial charge in [0, 0.05) is 23.9 Å². The van der Waals surface area contributed by atoms with Gasteiger partial charge in [-0.1, -0.05) is 26.0 Å². The topological polar surface area (TPSA) is 92.8 Å². The van der Waals surface area contributed by atoms with E-state index < -0.39 is 21.8 Å². The zero-order valence-corrected chi connectivity index (χ0v) is 19.2. The number of rotatable bonds is 7. The van der Waals surface area contributed by atoms with E-state index >= 15 is 0 Å². The second-order valence-electron chi connectivity index (χ2n) is 7.43. The van der Waals surface area contributed by atoms with Gasteiger partial charge in [-0.15, -0.1) is 11.3 Å². The number of methoxy groups -OCH3 is 1. The highest BCUT2D eigenvalue weighted by atomic mass is 32.2. The highest BCUT2D eigenvalue weighted by Gasteiger charge is 2.35. The van der Waals surface area contributed by atoms with Gasteiger partial charge in [0.25, 0.3) is 10.0 Å². The van der Waals surface area contributed by atoms with Gasteiger partial charge in [-0.2, -0.15) is 0 Å². The quantitative estimate of drug-likeness (QED) is 0.631. The van der Waals surface area contributed by atoms with E-state index in [2.05, 4.69) is 4.72 Å².